The van der Waals surface area contributed by atoms with Gasteiger partial charge in [0.05, 0.1) is 0 Å². The van der Waals surface area contributed by atoms with Crippen LogP contribution in [0.2, 0.25) is 0 Å². The predicted molar refractivity (Wildman–Crippen MR) is 123 cm³/mol. The summed E-state index contributed by atoms with van der Waals surface area (Å²) in [6.07, 6.45) is 3.52. The summed E-state index contributed by atoms with van der Waals surface area (Å²) < 4.78 is 0. The van der Waals surface area contributed by atoms with Gasteiger partial charge in [0, 0.05) is 23.4 Å². The van der Waals surface area contributed by atoms with E-state index in [1.807, 2.05) is 30.3 Å². The number of rotatable bonds is 8. The Kier molecular flexibility index (Phi) is 8.80. The average Bonchev–Trinajstić information content (AvgIpc) is 2.68. The number of anilines is 2. The second kappa shape index (κ2) is 11.3. The lowest BCUT2D eigenvalue weighted by Crippen LogP contribution is -2.34. The summed E-state index contributed by atoms with van der Waals surface area (Å²) in [6, 6.07) is 14.7. The van der Waals surface area contributed by atoms with Crippen LogP contribution < -0.4 is 16.0 Å². The third-order valence-corrected chi connectivity index (χ3v) is 4.68. The van der Waals surface area contributed by atoms with E-state index >= 15 is 0 Å². The molecule has 2 aromatic carbocycles. The van der Waals surface area contributed by atoms with Crippen LogP contribution in [-0.4, -0.2) is 16.9 Å². The zero-order valence-corrected chi connectivity index (χ0v) is 18.1. The Morgan fingerprint density at radius 3 is 2.24 bits per heavy atom. The maximum Gasteiger partial charge on any atom is 0.257 e. The number of unbranched alkanes of at least 4 members (excludes halogenated alkanes) is 2. The van der Waals surface area contributed by atoms with Crippen molar-refractivity contribution in [2.24, 2.45) is 0 Å². The number of carbonyl (C=O) groups is 2. The predicted octanol–water partition coefficient (Wildman–Crippen LogP) is 5.46. The Morgan fingerprint density at radius 2 is 1.62 bits per heavy atom. The number of carbonyl (C=O) groups excluding carboxylic acids is 2. The van der Waals surface area contributed by atoms with E-state index in [1.54, 1.807) is 18.2 Å². The standard InChI is InChI=1S/C23H29N3O2S/c1-4-5-6-10-21(27)24-19-8-7-9-20(15-19)25-23(29)26-22(28)18-13-11-17(12-14-18)16(2)3/h7-9,11-16H,4-6,10H2,1-3H3,(H,24,27)(H2,25,26,28,29). The molecule has 0 heterocycles. The summed E-state index contributed by atoms with van der Waals surface area (Å²) >= 11 is 5.25. The molecule has 0 spiro atoms. The molecule has 0 aliphatic carbocycles. The highest BCUT2D eigenvalue weighted by Crippen LogP contribution is 2.17. The molecule has 154 valence electrons. The molecule has 5 nitrogen and oxygen atoms in total. The molecule has 0 aliphatic heterocycles. The molecule has 0 aromatic heterocycles. The summed E-state index contributed by atoms with van der Waals surface area (Å²) in [5.74, 6) is 0.142. The highest BCUT2D eigenvalue weighted by molar-refractivity contribution is 7.80. The van der Waals surface area contributed by atoms with Crippen LogP contribution in [-0.2, 0) is 4.79 Å². The van der Waals surface area contributed by atoms with E-state index in [9.17, 15) is 9.59 Å². The van der Waals surface area contributed by atoms with Gasteiger partial charge in [0.15, 0.2) is 5.11 Å². The lowest BCUT2D eigenvalue weighted by atomic mass is 10.0. The summed E-state index contributed by atoms with van der Waals surface area (Å²) in [5.41, 5.74) is 3.11. The highest BCUT2D eigenvalue weighted by Gasteiger charge is 2.09. The topological polar surface area (TPSA) is 70.2 Å². The Hall–Kier alpha value is -2.73. The second-order valence-corrected chi connectivity index (χ2v) is 7.68. The van der Waals surface area contributed by atoms with E-state index in [2.05, 4.69) is 36.7 Å². The number of hydrogen-bond donors (Lipinski definition) is 3. The van der Waals surface area contributed by atoms with E-state index in [0.29, 0.717) is 29.3 Å². The summed E-state index contributed by atoms with van der Waals surface area (Å²) in [4.78, 5) is 24.3. The van der Waals surface area contributed by atoms with Crippen LogP contribution in [0.3, 0.4) is 0 Å². The minimum absolute atomic E-state index is 0.00340. The van der Waals surface area contributed by atoms with E-state index in [-0.39, 0.29) is 16.9 Å². The summed E-state index contributed by atoms with van der Waals surface area (Å²) in [5, 5.41) is 8.76. The maximum absolute atomic E-state index is 12.4. The molecule has 0 saturated heterocycles. The van der Waals surface area contributed by atoms with Crippen molar-refractivity contribution in [1.82, 2.24) is 5.32 Å². The minimum Gasteiger partial charge on any atom is -0.332 e. The minimum atomic E-state index is -0.266. The highest BCUT2D eigenvalue weighted by atomic mass is 32.1. The zero-order valence-electron chi connectivity index (χ0n) is 17.2. The van der Waals surface area contributed by atoms with Gasteiger partial charge in [-0.1, -0.05) is 51.8 Å². The van der Waals surface area contributed by atoms with Gasteiger partial charge in [0.25, 0.3) is 5.91 Å². The van der Waals surface area contributed by atoms with Gasteiger partial charge in [-0.05, 0) is 60.5 Å². The molecule has 6 heteroatoms. The molecule has 0 unspecified atom stereocenters. The fraction of sp³-hybridized carbons (Fsp3) is 0.348. The number of benzene rings is 2. The van der Waals surface area contributed by atoms with Crippen molar-refractivity contribution in [1.29, 1.82) is 0 Å². The first kappa shape index (κ1) is 22.6. The Bertz CT molecular complexity index is 847. The van der Waals surface area contributed by atoms with Crippen molar-refractivity contribution in [3.63, 3.8) is 0 Å². The van der Waals surface area contributed by atoms with Gasteiger partial charge in [-0.25, -0.2) is 0 Å². The Balaban J connectivity index is 1.89. The molecule has 0 aliphatic rings. The summed E-state index contributed by atoms with van der Waals surface area (Å²) in [7, 11) is 0. The third-order valence-electron chi connectivity index (χ3n) is 4.48. The van der Waals surface area contributed by atoms with Gasteiger partial charge in [-0.3, -0.25) is 14.9 Å². The average molecular weight is 412 g/mol. The molecule has 0 fully saturated rings. The normalized spacial score (nSPS) is 10.5. The molecule has 2 aromatic rings. The quantitative estimate of drug-likeness (QED) is 0.399. The van der Waals surface area contributed by atoms with Gasteiger partial charge in [0.1, 0.15) is 0 Å². The third kappa shape index (κ3) is 7.66. The van der Waals surface area contributed by atoms with Gasteiger partial charge in [-0.15, -0.1) is 0 Å². The molecule has 3 N–H and O–H groups in total. The first-order valence-electron chi connectivity index (χ1n) is 10.0. The van der Waals surface area contributed by atoms with Crippen molar-refractivity contribution in [2.45, 2.75) is 52.4 Å². The number of nitrogens with one attached hydrogen (secondary N) is 3. The molecule has 0 bridgehead atoms. The number of amides is 2. The fourth-order valence-electron chi connectivity index (χ4n) is 2.79. The van der Waals surface area contributed by atoms with Gasteiger partial charge in [0.2, 0.25) is 5.91 Å². The molecule has 2 rings (SSSR count). The molecule has 0 radical (unpaired) electrons. The molecule has 0 atom stereocenters. The molecule has 29 heavy (non-hydrogen) atoms. The van der Waals surface area contributed by atoms with Crippen LogP contribution in [0.15, 0.2) is 48.5 Å². The Labute approximate surface area is 178 Å². The van der Waals surface area contributed by atoms with Crippen LogP contribution in [0.1, 0.15) is 68.3 Å². The number of hydrogen-bond acceptors (Lipinski definition) is 3. The SMILES string of the molecule is CCCCCC(=O)Nc1cccc(NC(=S)NC(=O)c2ccc(C(C)C)cc2)c1. The molecular weight excluding hydrogens is 382 g/mol. The van der Waals surface area contributed by atoms with Crippen molar-refractivity contribution >= 4 is 40.5 Å². The monoisotopic (exact) mass is 411 g/mol. The van der Waals surface area contributed by atoms with Crippen molar-refractivity contribution in [2.75, 3.05) is 10.6 Å². The molecular formula is C23H29N3O2S. The largest absolute Gasteiger partial charge is 0.332 e. The smallest absolute Gasteiger partial charge is 0.257 e. The zero-order chi connectivity index (χ0) is 21.2. The van der Waals surface area contributed by atoms with Crippen molar-refractivity contribution in [3.05, 3.63) is 59.7 Å². The van der Waals surface area contributed by atoms with E-state index in [1.165, 1.54) is 5.56 Å². The van der Waals surface area contributed by atoms with E-state index in [0.717, 1.165) is 19.3 Å². The van der Waals surface area contributed by atoms with Crippen LogP contribution in [0.25, 0.3) is 0 Å². The van der Waals surface area contributed by atoms with Gasteiger partial charge >= 0.3 is 0 Å². The van der Waals surface area contributed by atoms with Crippen molar-refractivity contribution < 1.29 is 9.59 Å². The van der Waals surface area contributed by atoms with E-state index < -0.39 is 0 Å². The lowest BCUT2D eigenvalue weighted by Gasteiger charge is -2.12. The first-order valence-corrected chi connectivity index (χ1v) is 10.4. The van der Waals surface area contributed by atoms with Crippen LogP contribution >= 0.6 is 12.2 Å². The molecule has 2 amide bonds. The van der Waals surface area contributed by atoms with Gasteiger partial charge in [-0.2, -0.15) is 0 Å². The fourth-order valence-corrected chi connectivity index (χ4v) is 3.00. The maximum atomic E-state index is 12.4. The second-order valence-electron chi connectivity index (χ2n) is 7.27. The summed E-state index contributed by atoms with van der Waals surface area (Å²) in [6.45, 7) is 6.32. The van der Waals surface area contributed by atoms with Crippen LogP contribution in [0.4, 0.5) is 11.4 Å². The van der Waals surface area contributed by atoms with E-state index in [4.69, 9.17) is 12.2 Å². The van der Waals surface area contributed by atoms with Crippen molar-refractivity contribution in [3.8, 4) is 0 Å². The van der Waals surface area contributed by atoms with Gasteiger partial charge < -0.3 is 10.6 Å². The van der Waals surface area contributed by atoms with Crippen LogP contribution in [0.5, 0.6) is 0 Å². The first-order chi connectivity index (χ1) is 13.9. The number of thiocarbonyl (C=S) groups is 1. The Morgan fingerprint density at radius 1 is 0.966 bits per heavy atom. The van der Waals surface area contributed by atoms with Crippen LogP contribution in [0, 0.1) is 0 Å². The lowest BCUT2D eigenvalue weighted by molar-refractivity contribution is -0.116. The molecule has 0 saturated carbocycles.